The van der Waals surface area contributed by atoms with Crippen molar-refractivity contribution >= 4 is 21.9 Å². The molecule has 2 aromatic rings. The zero-order chi connectivity index (χ0) is 20.2. The highest BCUT2D eigenvalue weighted by Gasteiger charge is 2.18. The van der Waals surface area contributed by atoms with Gasteiger partial charge in [0.2, 0.25) is 15.9 Å². The van der Waals surface area contributed by atoms with Gasteiger partial charge in [0.1, 0.15) is 0 Å². The molecule has 0 spiro atoms. The predicted molar refractivity (Wildman–Crippen MR) is 101 cm³/mol. The molecule has 8 heteroatoms. The molecule has 27 heavy (non-hydrogen) atoms. The number of primary sulfonamides is 1. The van der Waals surface area contributed by atoms with Crippen LogP contribution in [0.3, 0.4) is 0 Å². The Morgan fingerprint density at radius 1 is 1.07 bits per heavy atom. The fourth-order valence-electron chi connectivity index (χ4n) is 2.62. The third kappa shape index (κ3) is 5.38. The van der Waals surface area contributed by atoms with Crippen LogP contribution < -0.4 is 5.14 Å². The Bertz CT molecular complexity index is 922. The van der Waals surface area contributed by atoms with Crippen molar-refractivity contribution in [3.8, 4) is 0 Å². The van der Waals surface area contributed by atoms with Crippen LogP contribution in [0, 0.1) is 0 Å². The summed E-state index contributed by atoms with van der Waals surface area (Å²) in [5.74, 6) is -1.06. The lowest BCUT2D eigenvalue weighted by atomic mass is 10.0. The molecule has 144 valence electrons. The molecule has 0 aliphatic heterocycles. The smallest absolute Gasteiger partial charge is 0.335 e. The van der Waals surface area contributed by atoms with E-state index in [1.54, 1.807) is 36.2 Å². The maximum atomic E-state index is 12.4. The summed E-state index contributed by atoms with van der Waals surface area (Å²) in [6, 6.07) is 12.3. The molecule has 2 aromatic carbocycles. The van der Waals surface area contributed by atoms with E-state index in [0.29, 0.717) is 6.42 Å². The first-order chi connectivity index (χ1) is 12.6. The van der Waals surface area contributed by atoms with Crippen LogP contribution >= 0.6 is 0 Å². The second-order valence-electron chi connectivity index (χ2n) is 6.30. The highest BCUT2D eigenvalue weighted by molar-refractivity contribution is 7.89. The first-order valence-corrected chi connectivity index (χ1v) is 9.85. The first-order valence-electron chi connectivity index (χ1n) is 8.30. The van der Waals surface area contributed by atoms with Crippen molar-refractivity contribution in [3.63, 3.8) is 0 Å². The minimum Gasteiger partial charge on any atom is -0.478 e. The largest absolute Gasteiger partial charge is 0.478 e. The number of nitrogens with two attached hydrogens (primary N) is 1. The van der Waals surface area contributed by atoms with Crippen LogP contribution in [-0.2, 0) is 21.2 Å². The molecule has 0 radical (unpaired) electrons. The van der Waals surface area contributed by atoms with Crippen LogP contribution in [-0.4, -0.2) is 37.3 Å². The van der Waals surface area contributed by atoms with Gasteiger partial charge in [0, 0.05) is 13.5 Å². The van der Waals surface area contributed by atoms with Gasteiger partial charge in [-0.3, -0.25) is 4.79 Å². The van der Waals surface area contributed by atoms with Gasteiger partial charge in [-0.15, -0.1) is 0 Å². The monoisotopic (exact) mass is 390 g/mol. The maximum absolute atomic E-state index is 12.4. The fourth-order valence-corrected chi connectivity index (χ4v) is 3.13. The van der Waals surface area contributed by atoms with Crippen molar-refractivity contribution in [1.82, 2.24) is 4.90 Å². The van der Waals surface area contributed by atoms with Gasteiger partial charge in [-0.25, -0.2) is 18.4 Å². The Kier molecular flexibility index (Phi) is 6.35. The Labute approximate surface area is 158 Å². The van der Waals surface area contributed by atoms with Gasteiger partial charge in [0.25, 0.3) is 0 Å². The van der Waals surface area contributed by atoms with Gasteiger partial charge in [0.15, 0.2) is 0 Å². The van der Waals surface area contributed by atoms with E-state index in [1.807, 2.05) is 6.92 Å². The van der Waals surface area contributed by atoms with E-state index in [-0.39, 0.29) is 28.8 Å². The standard InChI is InChI=1S/C19H22N2O5S/c1-13(15-8-10-17(11-9-15)27(20,25)26)21(2)18(22)12-5-14-3-6-16(7-4-14)19(23)24/h3-4,6-11,13H,5,12H2,1-2H3,(H,23,24)(H2,20,25,26). The number of sulfonamides is 1. The molecule has 0 saturated carbocycles. The molecule has 0 aliphatic carbocycles. The molecule has 3 N–H and O–H groups in total. The Balaban J connectivity index is 1.98. The van der Waals surface area contributed by atoms with Crippen molar-refractivity contribution in [2.75, 3.05) is 7.05 Å². The molecule has 1 atom stereocenters. The van der Waals surface area contributed by atoms with Crippen molar-refractivity contribution in [2.24, 2.45) is 5.14 Å². The number of hydrogen-bond acceptors (Lipinski definition) is 4. The minimum absolute atomic E-state index is 0.0252. The number of carboxylic acid groups (broad SMARTS) is 1. The number of rotatable bonds is 7. The number of amides is 1. The van der Waals surface area contributed by atoms with Crippen molar-refractivity contribution < 1.29 is 23.1 Å². The summed E-state index contributed by atoms with van der Waals surface area (Å²) in [5, 5.41) is 14.0. The van der Waals surface area contributed by atoms with Crippen molar-refractivity contribution in [2.45, 2.75) is 30.7 Å². The van der Waals surface area contributed by atoms with E-state index < -0.39 is 16.0 Å². The zero-order valence-corrected chi connectivity index (χ0v) is 15.9. The van der Waals surface area contributed by atoms with Gasteiger partial charge in [-0.05, 0) is 48.7 Å². The van der Waals surface area contributed by atoms with Crippen LogP contribution in [0.5, 0.6) is 0 Å². The second kappa shape index (κ2) is 8.32. The second-order valence-corrected chi connectivity index (χ2v) is 7.86. The number of aromatic carboxylic acids is 1. The number of carboxylic acids is 1. The van der Waals surface area contributed by atoms with Gasteiger partial charge in [0.05, 0.1) is 16.5 Å². The molecule has 0 aliphatic rings. The average Bonchev–Trinajstić information content (AvgIpc) is 2.64. The highest BCUT2D eigenvalue weighted by atomic mass is 32.2. The topological polar surface area (TPSA) is 118 Å². The summed E-state index contributed by atoms with van der Waals surface area (Å²) in [4.78, 5) is 24.9. The number of aryl methyl sites for hydroxylation is 1. The number of benzene rings is 2. The van der Waals surface area contributed by atoms with Crippen LogP contribution in [0.4, 0.5) is 0 Å². The summed E-state index contributed by atoms with van der Waals surface area (Å²) >= 11 is 0. The number of carbonyl (C=O) groups excluding carboxylic acids is 1. The Morgan fingerprint density at radius 3 is 2.11 bits per heavy atom. The number of hydrogen-bond donors (Lipinski definition) is 2. The summed E-state index contributed by atoms with van der Waals surface area (Å²) < 4.78 is 22.6. The third-order valence-electron chi connectivity index (χ3n) is 4.49. The van der Waals surface area contributed by atoms with Gasteiger partial charge in [-0.2, -0.15) is 0 Å². The SMILES string of the molecule is CC(c1ccc(S(N)(=O)=O)cc1)N(C)C(=O)CCc1ccc(C(=O)O)cc1. The summed E-state index contributed by atoms with van der Waals surface area (Å²) in [6.45, 7) is 1.85. The van der Waals surface area contributed by atoms with Gasteiger partial charge >= 0.3 is 5.97 Å². The highest BCUT2D eigenvalue weighted by Crippen LogP contribution is 2.21. The quantitative estimate of drug-likeness (QED) is 0.751. The molecule has 0 bridgehead atoms. The van der Waals surface area contributed by atoms with E-state index in [2.05, 4.69) is 0 Å². The molecule has 0 fully saturated rings. The van der Waals surface area contributed by atoms with Crippen molar-refractivity contribution in [1.29, 1.82) is 0 Å². The fraction of sp³-hybridized carbons (Fsp3) is 0.263. The molecule has 2 rings (SSSR count). The van der Waals surface area contributed by atoms with E-state index in [4.69, 9.17) is 10.2 Å². The molecule has 1 unspecified atom stereocenters. The van der Waals surface area contributed by atoms with Crippen LogP contribution in [0.15, 0.2) is 53.4 Å². The lowest BCUT2D eigenvalue weighted by molar-refractivity contribution is -0.131. The Morgan fingerprint density at radius 2 is 1.63 bits per heavy atom. The van der Waals surface area contributed by atoms with E-state index in [9.17, 15) is 18.0 Å². The van der Waals surface area contributed by atoms with E-state index >= 15 is 0 Å². The molecular formula is C19H22N2O5S. The summed E-state index contributed by atoms with van der Waals surface area (Å²) in [7, 11) is -2.06. The molecule has 0 aromatic heterocycles. The van der Waals surface area contributed by atoms with E-state index in [0.717, 1.165) is 11.1 Å². The maximum Gasteiger partial charge on any atom is 0.335 e. The Hall–Kier alpha value is -2.71. The summed E-state index contributed by atoms with van der Waals surface area (Å²) in [6.07, 6.45) is 0.780. The van der Waals surface area contributed by atoms with Gasteiger partial charge < -0.3 is 10.0 Å². The molecular weight excluding hydrogens is 368 g/mol. The van der Waals surface area contributed by atoms with Crippen LogP contribution in [0.25, 0.3) is 0 Å². The van der Waals surface area contributed by atoms with Crippen molar-refractivity contribution in [3.05, 3.63) is 65.2 Å². The predicted octanol–water partition coefficient (Wildman–Crippen LogP) is 2.18. The molecule has 1 amide bonds. The number of carbonyl (C=O) groups is 2. The van der Waals surface area contributed by atoms with Crippen LogP contribution in [0.2, 0.25) is 0 Å². The molecule has 0 saturated heterocycles. The average molecular weight is 390 g/mol. The molecule has 0 heterocycles. The normalized spacial score (nSPS) is 12.4. The lowest BCUT2D eigenvalue weighted by Crippen LogP contribution is -2.29. The zero-order valence-electron chi connectivity index (χ0n) is 15.1. The lowest BCUT2D eigenvalue weighted by Gasteiger charge is -2.25. The number of nitrogens with zero attached hydrogens (tertiary/aromatic N) is 1. The summed E-state index contributed by atoms with van der Waals surface area (Å²) in [5.41, 5.74) is 1.88. The molecule has 7 nitrogen and oxygen atoms in total. The first kappa shape index (κ1) is 20.6. The minimum atomic E-state index is -3.75. The van der Waals surface area contributed by atoms with Crippen LogP contribution in [0.1, 0.15) is 40.9 Å². The van der Waals surface area contributed by atoms with Gasteiger partial charge in [-0.1, -0.05) is 24.3 Å². The third-order valence-corrected chi connectivity index (χ3v) is 5.42. The van der Waals surface area contributed by atoms with E-state index in [1.165, 1.54) is 24.3 Å².